The van der Waals surface area contributed by atoms with Crippen LogP contribution in [0.5, 0.6) is 11.5 Å². The third-order valence-electron chi connectivity index (χ3n) is 5.55. The predicted octanol–water partition coefficient (Wildman–Crippen LogP) is 3.27. The number of rotatable bonds is 6. The molecule has 0 spiro atoms. The fraction of sp³-hybridized carbons (Fsp3) is 0.381. The quantitative estimate of drug-likeness (QED) is 0.575. The number of benzene rings is 1. The van der Waals surface area contributed by atoms with Gasteiger partial charge in [-0.25, -0.2) is 4.98 Å². The monoisotopic (exact) mass is 408 g/mol. The zero-order valence-corrected chi connectivity index (χ0v) is 16.9. The van der Waals surface area contributed by atoms with Crippen LogP contribution in [-0.2, 0) is 4.79 Å². The molecule has 156 valence electrons. The number of carbonyl (C=O) groups is 1. The van der Waals surface area contributed by atoms with E-state index in [1.165, 1.54) is 0 Å². The number of carbonyl (C=O) groups excluding carboxylic acids is 1. The second-order valence-corrected chi connectivity index (χ2v) is 7.75. The van der Waals surface area contributed by atoms with Gasteiger partial charge in [0.1, 0.15) is 30.5 Å². The summed E-state index contributed by atoms with van der Waals surface area (Å²) < 4.78 is 13.1. The summed E-state index contributed by atoms with van der Waals surface area (Å²) in [6, 6.07) is 7.53. The van der Waals surface area contributed by atoms with E-state index in [0.29, 0.717) is 60.1 Å². The molecule has 5 rings (SSSR count). The zero-order chi connectivity index (χ0) is 20.7. The molecule has 1 amide bonds. The minimum absolute atomic E-state index is 0.00639. The van der Waals surface area contributed by atoms with Gasteiger partial charge in [-0.05, 0) is 30.4 Å². The van der Waals surface area contributed by atoms with Crippen LogP contribution < -0.4 is 25.4 Å². The van der Waals surface area contributed by atoms with Crippen molar-refractivity contribution in [2.75, 3.05) is 36.2 Å². The highest BCUT2D eigenvalue weighted by molar-refractivity contribution is 5.95. The smallest absolute Gasteiger partial charge is 0.224 e. The molecule has 1 fully saturated rings. The zero-order valence-electron chi connectivity index (χ0n) is 16.9. The van der Waals surface area contributed by atoms with Crippen LogP contribution in [0.3, 0.4) is 0 Å². The van der Waals surface area contributed by atoms with Gasteiger partial charge in [-0.1, -0.05) is 13.0 Å². The molecule has 1 saturated carbocycles. The maximum Gasteiger partial charge on any atom is 0.224 e. The lowest BCUT2D eigenvalue weighted by molar-refractivity contribution is -0.116. The molecule has 2 aromatic heterocycles. The van der Waals surface area contributed by atoms with Gasteiger partial charge in [0, 0.05) is 19.5 Å². The van der Waals surface area contributed by atoms with Gasteiger partial charge in [0.15, 0.2) is 17.1 Å². The van der Waals surface area contributed by atoms with Crippen LogP contribution in [0.1, 0.15) is 19.8 Å². The van der Waals surface area contributed by atoms with Crippen molar-refractivity contribution in [3.05, 3.63) is 30.5 Å². The van der Waals surface area contributed by atoms with E-state index in [1.54, 1.807) is 10.7 Å². The number of nitrogens with zero attached hydrogens (tertiary/aromatic N) is 3. The summed E-state index contributed by atoms with van der Waals surface area (Å²) in [7, 11) is 1.81. The van der Waals surface area contributed by atoms with Gasteiger partial charge in [0.05, 0.1) is 11.9 Å². The maximum absolute atomic E-state index is 12.4. The van der Waals surface area contributed by atoms with E-state index in [2.05, 4.69) is 33.0 Å². The maximum atomic E-state index is 12.4. The van der Waals surface area contributed by atoms with Crippen molar-refractivity contribution < 1.29 is 14.3 Å². The molecule has 0 bridgehead atoms. The number of ether oxygens (including phenoxy) is 2. The minimum Gasteiger partial charge on any atom is -0.486 e. The van der Waals surface area contributed by atoms with Crippen LogP contribution in [0.2, 0.25) is 0 Å². The van der Waals surface area contributed by atoms with Crippen LogP contribution in [0.15, 0.2) is 30.5 Å². The molecule has 1 aromatic carbocycles. The highest BCUT2D eigenvalue weighted by Crippen LogP contribution is 2.41. The summed E-state index contributed by atoms with van der Waals surface area (Å²) in [6.07, 6.45) is 3.27. The normalized spacial score (nSPS) is 19.4. The first-order chi connectivity index (χ1) is 14.6. The Labute approximate surface area is 173 Å². The van der Waals surface area contributed by atoms with E-state index in [0.717, 1.165) is 17.9 Å². The van der Waals surface area contributed by atoms with Gasteiger partial charge in [0.25, 0.3) is 0 Å². The van der Waals surface area contributed by atoms with Crippen molar-refractivity contribution in [2.45, 2.75) is 19.8 Å². The van der Waals surface area contributed by atoms with Crippen LogP contribution in [0.4, 0.5) is 23.0 Å². The Morgan fingerprint density at radius 3 is 2.90 bits per heavy atom. The van der Waals surface area contributed by atoms with Crippen molar-refractivity contribution in [2.24, 2.45) is 11.8 Å². The fourth-order valence-corrected chi connectivity index (χ4v) is 3.73. The molecule has 3 N–H and O–H groups in total. The summed E-state index contributed by atoms with van der Waals surface area (Å²) in [5.41, 5.74) is 1.91. The van der Waals surface area contributed by atoms with Crippen LogP contribution in [0, 0.1) is 11.8 Å². The molecular formula is C21H24N6O3. The average molecular weight is 408 g/mol. The topological polar surface area (TPSA) is 102 Å². The molecule has 2 aliphatic rings. The molecular weight excluding hydrogens is 384 g/mol. The minimum atomic E-state index is -0.00639. The number of para-hydroxylation sites is 1. The van der Waals surface area contributed by atoms with Crippen molar-refractivity contribution in [3.63, 3.8) is 0 Å². The first-order valence-electron chi connectivity index (χ1n) is 10.1. The summed E-state index contributed by atoms with van der Waals surface area (Å²) in [5.74, 6) is 3.81. The molecule has 0 radical (unpaired) electrons. The predicted molar refractivity (Wildman–Crippen MR) is 114 cm³/mol. The SMILES string of the molecule is CNc1cc(Nc2cccc3c2OCCO3)nc2c(NC(=O)C[C@@H]3C[C@@H]3C)cnn12. The van der Waals surface area contributed by atoms with E-state index in [4.69, 9.17) is 9.47 Å². The van der Waals surface area contributed by atoms with Crippen molar-refractivity contribution in [3.8, 4) is 11.5 Å². The summed E-state index contributed by atoms with van der Waals surface area (Å²) >= 11 is 0. The lowest BCUT2D eigenvalue weighted by atomic mass is 10.2. The molecule has 1 aliphatic heterocycles. The number of amides is 1. The Balaban J connectivity index is 1.45. The first-order valence-corrected chi connectivity index (χ1v) is 10.1. The molecule has 1 aliphatic carbocycles. The van der Waals surface area contributed by atoms with Gasteiger partial charge in [0.2, 0.25) is 5.91 Å². The second-order valence-electron chi connectivity index (χ2n) is 7.75. The molecule has 9 heteroatoms. The molecule has 3 aromatic rings. The molecule has 3 heterocycles. The third-order valence-corrected chi connectivity index (χ3v) is 5.55. The summed E-state index contributed by atoms with van der Waals surface area (Å²) in [6.45, 7) is 3.20. The summed E-state index contributed by atoms with van der Waals surface area (Å²) in [5, 5.41) is 13.8. The standard InChI is InChI=1S/C21H24N6O3/c1-12-8-13(12)9-19(28)25-15-11-23-27-18(22-2)10-17(26-21(15)27)24-14-4-3-5-16-20(14)30-7-6-29-16/h3-5,10-13,22H,6-9H2,1-2H3,(H,24,26)(H,25,28)/t12-,13-/m0/s1. The largest absolute Gasteiger partial charge is 0.486 e. The van der Waals surface area contributed by atoms with Crippen LogP contribution >= 0.6 is 0 Å². The van der Waals surface area contributed by atoms with Crippen molar-refractivity contribution in [1.29, 1.82) is 0 Å². The Morgan fingerprint density at radius 1 is 1.27 bits per heavy atom. The first kappa shape index (κ1) is 18.5. The number of hydrogen-bond donors (Lipinski definition) is 3. The number of hydrogen-bond acceptors (Lipinski definition) is 7. The molecule has 9 nitrogen and oxygen atoms in total. The lowest BCUT2D eigenvalue weighted by Crippen LogP contribution is -2.16. The van der Waals surface area contributed by atoms with Crippen LogP contribution in [0.25, 0.3) is 5.65 Å². The average Bonchev–Trinajstić information content (AvgIpc) is 3.29. The number of aromatic nitrogens is 3. The van der Waals surface area contributed by atoms with E-state index in [1.807, 2.05) is 31.3 Å². The van der Waals surface area contributed by atoms with Crippen molar-refractivity contribution >= 4 is 34.6 Å². The van der Waals surface area contributed by atoms with Gasteiger partial charge in [-0.2, -0.15) is 9.61 Å². The van der Waals surface area contributed by atoms with Gasteiger partial charge in [-0.15, -0.1) is 0 Å². The molecule has 30 heavy (non-hydrogen) atoms. The van der Waals surface area contributed by atoms with E-state index < -0.39 is 0 Å². The summed E-state index contributed by atoms with van der Waals surface area (Å²) in [4.78, 5) is 17.1. The molecule has 0 unspecified atom stereocenters. The Hall–Kier alpha value is -3.49. The van der Waals surface area contributed by atoms with Gasteiger partial charge in [-0.3, -0.25) is 4.79 Å². The molecule has 0 saturated heterocycles. The number of fused-ring (bicyclic) bond motifs is 2. The lowest BCUT2D eigenvalue weighted by Gasteiger charge is -2.21. The van der Waals surface area contributed by atoms with Crippen LogP contribution in [-0.4, -0.2) is 40.8 Å². The van der Waals surface area contributed by atoms with E-state index in [-0.39, 0.29) is 5.91 Å². The van der Waals surface area contributed by atoms with E-state index >= 15 is 0 Å². The highest BCUT2D eigenvalue weighted by atomic mass is 16.6. The molecule has 2 atom stereocenters. The Bertz CT molecular complexity index is 1110. The fourth-order valence-electron chi connectivity index (χ4n) is 3.73. The number of nitrogens with one attached hydrogen (secondary N) is 3. The highest BCUT2D eigenvalue weighted by Gasteiger charge is 2.34. The van der Waals surface area contributed by atoms with E-state index in [9.17, 15) is 4.79 Å². The van der Waals surface area contributed by atoms with Crippen molar-refractivity contribution in [1.82, 2.24) is 14.6 Å². The third kappa shape index (κ3) is 3.47. The second kappa shape index (κ2) is 7.40. The van der Waals surface area contributed by atoms with Gasteiger partial charge < -0.3 is 25.4 Å². The Morgan fingerprint density at radius 2 is 2.10 bits per heavy atom. The van der Waals surface area contributed by atoms with Gasteiger partial charge >= 0.3 is 0 Å². The Kier molecular flexibility index (Phi) is 4.57. The number of anilines is 4.